The molecule has 5 rings (SSSR count). The van der Waals surface area contributed by atoms with Gasteiger partial charge in [0.1, 0.15) is 0 Å². The maximum Gasteiger partial charge on any atom is 0.258 e. The second kappa shape index (κ2) is 7.76. The van der Waals surface area contributed by atoms with E-state index in [2.05, 4.69) is 36.3 Å². The minimum absolute atomic E-state index is 0.214. The first-order valence-electron chi connectivity index (χ1n) is 9.83. The van der Waals surface area contributed by atoms with Gasteiger partial charge in [-0.05, 0) is 61.4 Å². The lowest BCUT2D eigenvalue weighted by Gasteiger charge is -2.11. The number of carbonyl (C=O) groups is 1. The zero-order valence-electron chi connectivity index (χ0n) is 16.9. The Hall–Kier alpha value is -3.28. The quantitative estimate of drug-likeness (QED) is 0.325. The van der Waals surface area contributed by atoms with Crippen molar-refractivity contribution in [2.75, 3.05) is 5.32 Å². The van der Waals surface area contributed by atoms with Crippen LogP contribution in [0.2, 0.25) is 5.02 Å². The fourth-order valence-electron chi connectivity index (χ4n) is 3.53. The van der Waals surface area contributed by atoms with E-state index < -0.39 is 0 Å². The Morgan fingerprint density at radius 1 is 0.903 bits per heavy atom. The normalized spacial score (nSPS) is 11.2. The Bertz CT molecular complexity index is 1470. The van der Waals surface area contributed by atoms with Gasteiger partial charge in [0.05, 0.1) is 27.0 Å². The van der Waals surface area contributed by atoms with E-state index in [1.807, 2.05) is 48.5 Å². The number of carbonyl (C=O) groups excluding carboxylic acids is 1. The number of aryl methyl sites for hydroxylation is 2. The number of para-hydroxylation sites is 1. The largest absolute Gasteiger partial charge is 0.298 e. The molecule has 0 aliphatic carbocycles. The summed E-state index contributed by atoms with van der Waals surface area (Å²) in [6.45, 7) is 4.16. The van der Waals surface area contributed by atoms with Crippen LogP contribution in [0.25, 0.3) is 32.4 Å². The molecule has 0 atom stereocenters. The number of hydrogen-bond acceptors (Lipinski definition) is 4. The van der Waals surface area contributed by atoms with Gasteiger partial charge in [-0.15, -0.1) is 0 Å². The summed E-state index contributed by atoms with van der Waals surface area (Å²) < 4.78 is 0.929. The first-order chi connectivity index (χ1) is 15.0. The number of rotatable bonds is 3. The number of aromatic nitrogens is 2. The van der Waals surface area contributed by atoms with Crippen molar-refractivity contribution in [1.29, 1.82) is 0 Å². The highest BCUT2D eigenvalue weighted by molar-refractivity contribution is 7.22. The monoisotopic (exact) mass is 443 g/mol. The van der Waals surface area contributed by atoms with E-state index >= 15 is 0 Å². The standard InChI is InChI=1S/C25H18ClN3OS/c1-14-7-8-16(11-15(14)2)22-13-19(18-5-3-4-6-20(18)27-22)24(30)29-25-28-21-10-9-17(26)12-23(21)31-25/h3-13H,1-2H3,(H,28,29,30). The third kappa shape index (κ3) is 3.78. The Kier molecular flexibility index (Phi) is 4.93. The molecule has 4 nitrogen and oxygen atoms in total. The molecular weight excluding hydrogens is 426 g/mol. The maximum absolute atomic E-state index is 13.3. The van der Waals surface area contributed by atoms with Gasteiger partial charge < -0.3 is 0 Å². The Morgan fingerprint density at radius 3 is 2.58 bits per heavy atom. The fourth-order valence-corrected chi connectivity index (χ4v) is 4.67. The molecule has 0 saturated heterocycles. The summed E-state index contributed by atoms with van der Waals surface area (Å²) in [5.41, 5.74) is 6.31. The van der Waals surface area contributed by atoms with Crippen LogP contribution in [-0.4, -0.2) is 15.9 Å². The van der Waals surface area contributed by atoms with Crippen LogP contribution in [0.5, 0.6) is 0 Å². The van der Waals surface area contributed by atoms with Crippen molar-refractivity contribution in [2.45, 2.75) is 13.8 Å². The number of anilines is 1. The summed E-state index contributed by atoms with van der Waals surface area (Å²) >= 11 is 7.48. The van der Waals surface area contributed by atoms with E-state index in [0.29, 0.717) is 15.7 Å². The molecule has 0 aliphatic heterocycles. The minimum Gasteiger partial charge on any atom is -0.298 e. The van der Waals surface area contributed by atoms with Gasteiger partial charge in [-0.2, -0.15) is 0 Å². The maximum atomic E-state index is 13.3. The van der Waals surface area contributed by atoms with Crippen LogP contribution in [0.3, 0.4) is 0 Å². The number of amides is 1. The van der Waals surface area contributed by atoms with E-state index in [-0.39, 0.29) is 5.91 Å². The first-order valence-corrected chi connectivity index (χ1v) is 11.0. The number of halogens is 1. The SMILES string of the molecule is Cc1ccc(-c2cc(C(=O)Nc3nc4ccc(Cl)cc4s3)c3ccccc3n2)cc1C. The highest BCUT2D eigenvalue weighted by Crippen LogP contribution is 2.30. The summed E-state index contributed by atoms with van der Waals surface area (Å²) in [5, 5.41) is 4.94. The molecule has 3 aromatic carbocycles. The van der Waals surface area contributed by atoms with Crippen molar-refractivity contribution >= 4 is 55.1 Å². The fraction of sp³-hybridized carbons (Fsp3) is 0.0800. The van der Waals surface area contributed by atoms with Crippen molar-refractivity contribution in [3.63, 3.8) is 0 Å². The van der Waals surface area contributed by atoms with E-state index in [1.165, 1.54) is 22.5 Å². The van der Waals surface area contributed by atoms with Crippen molar-refractivity contribution < 1.29 is 4.79 Å². The molecule has 0 bridgehead atoms. The molecule has 2 aromatic heterocycles. The van der Waals surface area contributed by atoms with Gasteiger partial charge in [-0.1, -0.05) is 53.3 Å². The second-order valence-electron chi connectivity index (χ2n) is 7.46. The lowest BCUT2D eigenvalue weighted by molar-refractivity contribution is 0.102. The number of thiazole rings is 1. The third-order valence-electron chi connectivity index (χ3n) is 5.33. The van der Waals surface area contributed by atoms with Gasteiger partial charge in [0, 0.05) is 16.0 Å². The molecule has 1 N–H and O–H groups in total. The summed E-state index contributed by atoms with van der Waals surface area (Å²) in [7, 11) is 0. The smallest absolute Gasteiger partial charge is 0.258 e. The number of hydrogen-bond donors (Lipinski definition) is 1. The van der Waals surface area contributed by atoms with E-state index in [4.69, 9.17) is 16.6 Å². The average molecular weight is 444 g/mol. The molecule has 5 aromatic rings. The molecule has 6 heteroatoms. The Balaban J connectivity index is 1.58. The number of pyridine rings is 1. The van der Waals surface area contributed by atoms with Gasteiger partial charge in [-0.25, -0.2) is 9.97 Å². The van der Waals surface area contributed by atoms with E-state index in [9.17, 15) is 4.79 Å². The molecule has 0 aliphatic rings. The van der Waals surface area contributed by atoms with Crippen LogP contribution in [0.1, 0.15) is 21.5 Å². The van der Waals surface area contributed by atoms with Gasteiger partial charge in [-0.3, -0.25) is 10.1 Å². The molecular formula is C25H18ClN3OS. The minimum atomic E-state index is -0.214. The number of nitrogens with zero attached hydrogens (tertiary/aromatic N) is 2. The highest BCUT2D eigenvalue weighted by atomic mass is 35.5. The highest BCUT2D eigenvalue weighted by Gasteiger charge is 2.16. The second-order valence-corrected chi connectivity index (χ2v) is 8.92. The molecule has 1 amide bonds. The predicted octanol–water partition coefficient (Wildman–Crippen LogP) is 7.03. The third-order valence-corrected chi connectivity index (χ3v) is 6.50. The molecule has 152 valence electrons. The molecule has 0 radical (unpaired) electrons. The average Bonchev–Trinajstić information content (AvgIpc) is 3.16. The zero-order valence-corrected chi connectivity index (χ0v) is 18.5. The van der Waals surface area contributed by atoms with Crippen LogP contribution >= 0.6 is 22.9 Å². The summed E-state index contributed by atoms with van der Waals surface area (Å²) in [6, 6.07) is 21.3. The molecule has 0 saturated carbocycles. The Labute approximate surface area is 188 Å². The zero-order chi connectivity index (χ0) is 21.5. The molecule has 0 spiro atoms. The summed E-state index contributed by atoms with van der Waals surface area (Å²) in [5.74, 6) is -0.214. The van der Waals surface area contributed by atoms with E-state index in [0.717, 1.165) is 32.4 Å². The lowest BCUT2D eigenvalue weighted by atomic mass is 10.0. The van der Waals surface area contributed by atoms with Crippen molar-refractivity contribution in [1.82, 2.24) is 9.97 Å². The molecule has 2 heterocycles. The Morgan fingerprint density at radius 2 is 1.74 bits per heavy atom. The van der Waals surface area contributed by atoms with E-state index in [1.54, 1.807) is 6.07 Å². The first kappa shape index (κ1) is 19.7. The van der Waals surface area contributed by atoms with Gasteiger partial charge in [0.15, 0.2) is 5.13 Å². The number of nitrogens with one attached hydrogen (secondary N) is 1. The lowest BCUT2D eigenvalue weighted by Crippen LogP contribution is -2.13. The summed E-state index contributed by atoms with van der Waals surface area (Å²) in [4.78, 5) is 22.6. The predicted molar refractivity (Wildman–Crippen MR) is 129 cm³/mol. The van der Waals surface area contributed by atoms with Gasteiger partial charge >= 0.3 is 0 Å². The van der Waals surface area contributed by atoms with Crippen molar-refractivity contribution in [3.05, 3.63) is 88.4 Å². The van der Waals surface area contributed by atoms with Crippen molar-refractivity contribution in [3.8, 4) is 11.3 Å². The van der Waals surface area contributed by atoms with Crippen LogP contribution in [0.15, 0.2) is 66.7 Å². The topological polar surface area (TPSA) is 54.9 Å². The molecule has 31 heavy (non-hydrogen) atoms. The van der Waals surface area contributed by atoms with Crippen LogP contribution in [-0.2, 0) is 0 Å². The number of benzene rings is 3. The number of fused-ring (bicyclic) bond motifs is 2. The van der Waals surface area contributed by atoms with Crippen LogP contribution in [0, 0.1) is 13.8 Å². The van der Waals surface area contributed by atoms with Gasteiger partial charge in [0.2, 0.25) is 0 Å². The summed E-state index contributed by atoms with van der Waals surface area (Å²) in [6.07, 6.45) is 0. The molecule has 0 unspecified atom stereocenters. The van der Waals surface area contributed by atoms with Crippen LogP contribution < -0.4 is 5.32 Å². The molecule has 0 fully saturated rings. The van der Waals surface area contributed by atoms with Crippen molar-refractivity contribution in [2.24, 2.45) is 0 Å². The van der Waals surface area contributed by atoms with Crippen LogP contribution in [0.4, 0.5) is 5.13 Å². The van der Waals surface area contributed by atoms with Gasteiger partial charge in [0.25, 0.3) is 5.91 Å².